The van der Waals surface area contributed by atoms with Crippen molar-refractivity contribution in [3.8, 4) is 6.07 Å². The topological polar surface area (TPSA) is 47.3 Å². The number of anilines is 1. The molecular formula is C20H21F3N2O. The number of aliphatic hydroxyl groups excluding tert-OH is 1. The van der Waals surface area contributed by atoms with Gasteiger partial charge >= 0.3 is 6.18 Å². The fourth-order valence-corrected chi connectivity index (χ4v) is 2.81. The van der Waals surface area contributed by atoms with Crippen molar-refractivity contribution in [3.05, 3.63) is 65.7 Å². The van der Waals surface area contributed by atoms with Gasteiger partial charge in [0.25, 0.3) is 0 Å². The third kappa shape index (κ3) is 4.99. The van der Waals surface area contributed by atoms with Crippen LogP contribution in [0, 0.1) is 11.3 Å². The number of hydrogen-bond acceptors (Lipinski definition) is 3. The van der Waals surface area contributed by atoms with Crippen molar-refractivity contribution >= 4 is 5.69 Å². The third-order valence-corrected chi connectivity index (χ3v) is 4.10. The maximum atomic E-state index is 12.8. The molecule has 1 N–H and O–H groups in total. The van der Waals surface area contributed by atoms with Crippen molar-refractivity contribution in [3.63, 3.8) is 0 Å². The normalized spacial score (nSPS) is 13.7. The molecule has 3 nitrogen and oxygen atoms in total. The van der Waals surface area contributed by atoms with Gasteiger partial charge in [-0.3, -0.25) is 0 Å². The second-order valence-electron chi connectivity index (χ2n) is 6.08. The van der Waals surface area contributed by atoms with Crippen LogP contribution in [0.3, 0.4) is 0 Å². The highest BCUT2D eigenvalue weighted by Gasteiger charge is 2.31. The fraction of sp³-hybridized carbons (Fsp3) is 0.350. The molecule has 2 aromatic rings. The summed E-state index contributed by atoms with van der Waals surface area (Å²) in [4.78, 5) is 1.73. The Morgan fingerprint density at radius 3 is 2.19 bits per heavy atom. The van der Waals surface area contributed by atoms with Crippen LogP contribution in [0.15, 0.2) is 54.6 Å². The SMILES string of the molecule is CCCC(O)CN(c1ccccc1)C(C#N)c1ccc(C(F)(F)F)cc1. The molecule has 0 aromatic heterocycles. The molecule has 6 heteroatoms. The molecule has 0 bridgehead atoms. The summed E-state index contributed by atoms with van der Waals surface area (Å²) in [5, 5.41) is 19.9. The van der Waals surface area contributed by atoms with Gasteiger partial charge in [-0.2, -0.15) is 18.4 Å². The van der Waals surface area contributed by atoms with Gasteiger partial charge in [-0.1, -0.05) is 43.7 Å². The number of para-hydroxylation sites is 1. The van der Waals surface area contributed by atoms with E-state index in [1.807, 2.05) is 37.3 Å². The van der Waals surface area contributed by atoms with Gasteiger partial charge in [-0.05, 0) is 36.2 Å². The highest BCUT2D eigenvalue weighted by Crippen LogP contribution is 2.32. The zero-order valence-corrected chi connectivity index (χ0v) is 14.4. The first kappa shape index (κ1) is 19.8. The summed E-state index contributed by atoms with van der Waals surface area (Å²) in [7, 11) is 0. The van der Waals surface area contributed by atoms with E-state index in [4.69, 9.17) is 0 Å². The first-order chi connectivity index (χ1) is 12.4. The summed E-state index contributed by atoms with van der Waals surface area (Å²) >= 11 is 0. The molecule has 138 valence electrons. The zero-order valence-electron chi connectivity index (χ0n) is 14.4. The van der Waals surface area contributed by atoms with E-state index in [-0.39, 0.29) is 6.54 Å². The van der Waals surface area contributed by atoms with Gasteiger partial charge < -0.3 is 10.0 Å². The molecule has 0 saturated carbocycles. The molecule has 2 aromatic carbocycles. The van der Waals surface area contributed by atoms with Crippen LogP contribution < -0.4 is 4.90 Å². The van der Waals surface area contributed by atoms with Crippen molar-refractivity contribution < 1.29 is 18.3 Å². The van der Waals surface area contributed by atoms with E-state index < -0.39 is 23.9 Å². The Bertz CT molecular complexity index is 723. The summed E-state index contributed by atoms with van der Waals surface area (Å²) in [5.74, 6) is 0. The molecule has 0 aliphatic rings. The average Bonchev–Trinajstić information content (AvgIpc) is 2.62. The van der Waals surface area contributed by atoms with Crippen LogP contribution in [0.4, 0.5) is 18.9 Å². The van der Waals surface area contributed by atoms with Crippen LogP contribution >= 0.6 is 0 Å². The van der Waals surface area contributed by atoms with E-state index in [1.165, 1.54) is 12.1 Å². The Kier molecular flexibility index (Phi) is 6.64. The maximum absolute atomic E-state index is 12.8. The lowest BCUT2D eigenvalue weighted by atomic mass is 10.0. The standard InChI is InChI=1S/C20H21F3N2O/c1-2-6-18(26)14-25(17-7-4-3-5-8-17)19(13-24)15-9-11-16(12-10-15)20(21,22)23/h3-5,7-12,18-19,26H,2,6,14H2,1H3. The molecule has 0 fully saturated rings. The van der Waals surface area contributed by atoms with Crippen LogP contribution in [0.1, 0.15) is 36.9 Å². The number of nitriles is 1. The van der Waals surface area contributed by atoms with Gasteiger partial charge in [-0.25, -0.2) is 0 Å². The zero-order chi connectivity index (χ0) is 19.2. The predicted octanol–water partition coefficient (Wildman–Crippen LogP) is 4.94. The minimum Gasteiger partial charge on any atom is -0.391 e. The van der Waals surface area contributed by atoms with Gasteiger partial charge in [0.15, 0.2) is 0 Å². The Morgan fingerprint density at radius 2 is 1.69 bits per heavy atom. The fourth-order valence-electron chi connectivity index (χ4n) is 2.81. The van der Waals surface area contributed by atoms with Crippen LogP contribution in [-0.4, -0.2) is 17.8 Å². The lowest BCUT2D eigenvalue weighted by Crippen LogP contribution is -2.35. The second kappa shape index (κ2) is 8.72. The Labute approximate surface area is 151 Å². The minimum absolute atomic E-state index is 0.219. The van der Waals surface area contributed by atoms with Crippen molar-refractivity contribution in [2.75, 3.05) is 11.4 Å². The lowest BCUT2D eigenvalue weighted by molar-refractivity contribution is -0.137. The third-order valence-electron chi connectivity index (χ3n) is 4.10. The molecule has 0 aliphatic heterocycles. The first-order valence-electron chi connectivity index (χ1n) is 8.43. The Balaban J connectivity index is 2.36. The van der Waals surface area contributed by atoms with Crippen LogP contribution in [0.2, 0.25) is 0 Å². The van der Waals surface area contributed by atoms with Crippen LogP contribution in [-0.2, 0) is 6.18 Å². The number of halogens is 3. The highest BCUT2D eigenvalue weighted by atomic mass is 19.4. The second-order valence-corrected chi connectivity index (χ2v) is 6.08. The summed E-state index contributed by atoms with van der Waals surface area (Å²) in [6.45, 7) is 2.17. The molecule has 2 rings (SSSR count). The van der Waals surface area contributed by atoms with Crippen molar-refractivity contribution in [1.82, 2.24) is 0 Å². The number of hydrogen-bond donors (Lipinski definition) is 1. The molecule has 0 amide bonds. The van der Waals surface area contributed by atoms with Crippen molar-refractivity contribution in [2.45, 2.75) is 38.1 Å². The molecule has 26 heavy (non-hydrogen) atoms. The van der Waals surface area contributed by atoms with E-state index in [1.54, 1.807) is 4.90 Å². The van der Waals surface area contributed by atoms with Gasteiger partial charge in [0, 0.05) is 12.2 Å². The smallest absolute Gasteiger partial charge is 0.391 e. The largest absolute Gasteiger partial charge is 0.416 e. The number of rotatable bonds is 7. The van der Waals surface area contributed by atoms with Gasteiger partial charge in [0.05, 0.1) is 17.7 Å². The highest BCUT2D eigenvalue weighted by molar-refractivity contribution is 5.51. The quantitative estimate of drug-likeness (QED) is 0.759. The monoisotopic (exact) mass is 362 g/mol. The maximum Gasteiger partial charge on any atom is 0.416 e. The molecular weight excluding hydrogens is 341 g/mol. The molecule has 0 spiro atoms. The van der Waals surface area contributed by atoms with Crippen molar-refractivity contribution in [2.24, 2.45) is 0 Å². The van der Waals surface area contributed by atoms with Gasteiger partial charge in [-0.15, -0.1) is 0 Å². The van der Waals surface area contributed by atoms with E-state index in [9.17, 15) is 23.5 Å². The molecule has 0 radical (unpaired) electrons. The van der Waals surface area contributed by atoms with Crippen LogP contribution in [0.25, 0.3) is 0 Å². The first-order valence-corrected chi connectivity index (χ1v) is 8.43. The average molecular weight is 362 g/mol. The molecule has 0 saturated heterocycles. The van der Waals surface area contributed by atoms with E-state index in [2.05, 4.69) is 6.07 Å². The van der Waals surface area contributed by atoms with Gasteiger partial charge in [0.1, 0.15) is 6.04 Å². The van der Waals surface area contributed by atoms with E-state index in [0.717, 1.165) is 24.2 Å². The summed E-state index contributed by atoms with van der Waals surface area (Å²) < 4.78 is 38.3. The summed E-state index contributed by atoms with van der Waals surface area (Å²) in [6.07, 6.45) is -3.68. The van der Waals surface area contributed by atoms with Crippen molar-refractivity contribution in [1.29, 1.82) is 5.26 Å². The lowest BCUT2D eigenvalue weighted by Gasteiger charge is -2.31. The van der Waals surface area contributed by atoms with E-state index >= 15 is 0 Å². The molecule has 2 atom stereocenters. The Hall–Kier alpha value is -2.52. The van der Waals surface area contributed by atoms with E-state index in [0.29, 0.717) is 12.0 Å². The summed E-state index contributed by atoms with van der Waals surface area (Å²) in [5.41, 5.74) is 0.428. The molecule has 0 heterocycles. The van der Waals surface area contributed by atoms with Crippen LogP contribution in [0.5, 0.6) is 0 Å². The Morgan fingerprint density at radius 1 is 1.08 bits per heavy atom. The predicted molar refractivity (Wildman–Crippen MR) is 94.5 cm³/mol. The minimum atomic E-state index is -4.42. The number of nitrogens with zero attached hydrogens (tertiary/aromatic N) is 2. The molecule has 2 unspecified atom stereocenters. The number of aliphatic hydroxyl groups is 1. The summed E-state index contributed by atoms with van der Waals surface area (Å²) in [6, 6.07) is 15.0. The number of alkyl halides is 3. The molecule has 0 aliphatic carbocycles. The van der Waals surface area contributed by atoms with Gasteiger partial charge in [0.2, 0.25) is 0 Å². The number of benzene rings is 2.